The molecule has 0 spiro atoms. The Balaban J connectivity index is 1.07. The molecule has 2 atom stereocenters. The van der Waals surface area contributed by atoms with Crippen LogP contribution in [-0.2, 0) is 13.6 Å². The average molecular weight is 581 g/mol. The van der Waals surface area contributed by atoms with Gasteiger partial charge >= 0.3 is 0 Å². The number of amides is 1. The number of aromatic nitrogens is 6. The fourth-order valence-electron chi connectivity index (χ4n) is 5.92. The predicted molar refractivity (Wildman–Crippen MR) is 164 cm³/mol. The first-order valence-electron chi connectivity index (χ1n) is 14.0. The van der Waals surface area contributed by atoms with Gasteiger partial charge in [0.05, 0.1) is 16.4 Å². The lowest BCUT2D eigenvalue weighted by Gasteiger charge is -2.34. The van der Waals surface area contributed by atoms with Crippen molar-refractivity contribution in [1.29, 1.82) is 0 Å². The summed E-state index contributed by atoms with van der Waals surface area (Å²) in [5.41, 5.74) is 4.54. The van der Waals surface area contributed by atoms with Gasteiger partial charge in [0.2, 0.25) is 5.95 Å². The fraction of sp³-hybridized carbons (Fsp3) is 0.333. The van der Waals surface area contributed by atoms with Gasteiger partial charge in [-0.05, 0) is 25.5 Å². The molecule has 1 aromatic carbocycles. The van der Waals surface area contributed by atoms with Gasteiger partial charge in [-0.15, -0.1) is 11.3 Å². The molecule has 1 N–H and O–H groups in total. The number of fused-ring (bicyclic) bond motifs is 3. The second-order valence-electron chi connectivity index (χ2n) is 11.3. The number of aryl methyl sites for hydroxylation is 2. The van der Waals surface area contributed by atoms with Crippen LogP contribution in [0.15, 0.2) is 55.0 Å². The zero-order chi connectivity index (χ0) is 29.0. The number of nitrogens with one attached hydrogen (secondary N) is 1. The number of thiazole rings is 1. The monoisotopic (exact) mass is 580 g/mol. The maximum absolute atomic E-state index is 12.4. The zero-order valence-electron chi connectivity index (χ0n) is 24.0. The molecule has 0 aliphatic carbocycles. The minimum atomic E-state index is -0.0329. The van der Waals surface area contributed by atoms with Crippen molar-refractivity contribution in [2.45, 2.75) is 32.0 Å². The number of nitrogens with zero attached hydrogens (tertiary/aromatic N) is 9. The molecule has 0 radical (unpaired) electrons. The number of carbonyl (C=O) groups is 1. The maximum atomic E-state index is 12.4. The van der Waals surface area contributed by atoms with Gasteiger partial charge in [-0.1, -0.05) is 12.1 Å². The first-order valence-corrected chi connectivity index (χ1v) is 14.8. The van der Waals surface area contributed by atoms with Gasteiger partial charge in [0, 0.05) is 99.8 Å². The summed E-state index contributed by atoms with van der Waals surface area (Å²) in [5.74, 6) is 2.11. The highest BCUT2D eigenvalue weighted by Gasteiger charge is 2.44. The molecule has 12 heteroatoms. The van der Waals surface area contributed by atoms with Crippen molar-refractivity contribution in [3.8, 4) is 10.6 Å². The Morgan fingerprint density at radius 3 is 2.71 bits per heavy atom. The van der Waals surface area contributed by atoms with E-state index in [1.54, 1.807) is 30.3 Å². The Morgan fingerprint density at radius 2 is 1.95 bits per heavy atom. The van der Waals surface area contributed by atoms with E-state index >= 15 is 0 Å². The molecule has 2 aliphatic rings. The molecular weight excluding hydrogens is 548 g/mol. The summed E-state index contributed by atoms with van der Waals surface area (Å²) in [6, 6.07) is 12.4. The molecule has 5 aromatic rings. The standard InChI is InChI=1S/C30H32N10OS/c1-18-8-27(36-30(33-18)40-17-22-10-23(40)16-39(22)15-19-12-32-38(4)14-19)35-26-11-24-25(13-31-26)42-28(34-24)20-6-5-7-21(9-20)29(41)37(2)3/h5-9,11-14,22-23H,10,15-17H2,1-4H3,(H,31,33,35,36)/t22-,23-/m0/s1. The minimum absolute atomic E-state index is 0.0329. The fourth-order valence-corrected chi connectivity index (χ4v) is 6.83. The van der Waals surface area contributed by atoms with Crippen LogP contribution in [0.5, 0.6) is 0 Å². The third kappa shape index (κ3) is 5.07. The Labute approximate surface area is 247 Å². The molecule has 2 fully saturated rings. The first kappa shape index (κ1) is 26.5. The Bertz CT molecular complexity index is 1800. The summed E-state index contributed by atoms with van der Waals surface area (Å²) >= 11 is 1.56. The van der Waals surface area contributed by atoms with Crippen molar-refractivity contribution in [3.63, 3.8) is 0 Å². The SMILES string of the molecule is Cc1cc(Nc2cc3nc(-c4cccc(C(=O)N(C)C)c4)sc3cn2)nc(N2C[C@@H]3C[C@H]2CN3Cc2cnn(C)c2)n1. The maximum Gasteiger partial charge on any atom is 0.253 e. The van der Waals surface area contributed by atoms with E-state index in [4.69, 9.17) is 15.0 Å². The lowest BCUT2D eigenvalue weighted by Crippen LogP contribution is -2.46. The van der Waals surface area contributed by atoms with E-state index in [1.165, 1.54) is 5.56 Å². The Kier molecular flexibility index (Phi) is 6.59. The lowest BCUT2D eigenvalue weighted by atomic mass is 10.1. The van der Waals surface area contributed by atoms with E-state index < -0.39 is 0 Å². The van der Waals surface area contributed by atoms with Crippen molar-refractivity contribution in [1.82, 2.24) is 39.5 Å². The number of likely N-dealkylation sites (tertiary alicyclic amines) is 1. The van der Waals surface area contributed by atoms with Gasteiger partial charge in [-0.25, -0.2) is 15.0 Å². The highest BCUT2D eigenvalue weighted by Crippen LogP contribution is 2.35. The van der Waals surface area contributed by atoms with Crippen LogP contribution >= 0.6 is 11.3 Å². The molecule has 11 nitrogen and oxygen atoms in total. The molecule has 7 rings (SSSR count). The molecule has 42 heavy (non-hydrogen) atoms. The summed E-state index contributed by atoms with van der Waals surface area (Å²) in [7, 11) is 5.46. The lowest BCUT2D eigenvalue weighted by molar-refractivity contribution is 0.0827. The third-order valence-electron chi connectivity index (χ3n) is 7.89. The van der Waals surface area contributed by atoms with Gasteiger partial charge in [-0.3, -0.25) is 14.4 Å². The van der Waals surface area contributed by atoms with E-state index in [-0.39, 0.29) is 5.91 Å². The van der Waals surface area contributed by atoms with Crippen LogP contribution in [0.4, 0.5) is 17.6 Å². The molecule has 1 amide bonds. The predicted octanol–water partition coefficient (Wildman–Crippen LogP) is 4.10. The van der Waals surface area contributed by atoms with E-state index in [2.05, 4.69) is 31.4 Å². The summed E-state index contributed by atoms with van der Waals surface area (Å²) in [6.45, 7) is 4.84. The van der Waals surface area contributed by atoms with Crippen LogP contribution < -0.4 is 10.2 Å². The van der Waals surface area contributed by atoms with Gasteiger partial charge < -0.3 is 15.1 Å². The van der Waals surface area contributed by atoms with Gasteiger partial charge in [-0.2, -0.15) is 10.1 Å². The third-order valence-corrected chi connectivity index (χ3v) is 8.95. The summed E-state index contributed by atoms with van der Waals surface area (Å²) in [5, 5.41) is 8.54. The molecule has 0 unspecified atom stereocenters. The van der Waals surface area contributed by atoms with Crippen LogP contribution in [0, 0.1) is 6.92 Å². The number of benzene rings is 1. The number of pyridine rings is 1. The Hall–Kier alpha value is -4.42. The number of hydrogen-bond donors (Lipinski definition) is 1. The van der Waals surface area contributed by atoms with Gasteiger partial charge in [0.1, 0.15) is 16.6 Å². The Morgan fingerprint density at radius 1 is 1.07 bits per heavy atom. The molecule has 2 aliphatic heterocycles. The van der Waals surface area contributed by atoms with Crippen molar-refractivity contribution in [2.24, 2.45) is 7.05 Å². The largest absolute Gasteiger partial charge is 0.345 e. The number of piperazine rings is 1. The molecular formula is C30H32N10OS. The van der Waals surface area contributed by atoms with E-state index in [1.807, 2.05) is 67.4 Å². The second kappa shape index (κ2) is 10.4. The van der Waals surface area contributed by atoms with E-state index in [9.17, 15) is 4.79 Å². The summed E-state index contributed by atoms with van der Waals surface area (Å²) in [6.07, 6.45) is 7.00. The van der Waals surface area contributed by atoms with Crippen molar-refractivity contribution < 1.29 is 4.79 Å². The van der Waals surface area contributed by atoms with Crippen molar-refractivity contribution in [3.05, 3.63) is 71.8 Å². The highest BCUT2D eigenvalue weighted by molar-refractivity contribution is 7.21. The molecule has 214 valence electrons. The van der Waals surface area contributed by atoms with Gasteiger partial charge in [0.15, 0.2) is 0 Å². The van der Waals surface area contributed by atoms with Crippen molar-refractivity contribution >= 4 is 45.0 Å². The van der Waals surface area contributed by atoms with Crippen molar-refractivity contribution in [2.75, 3.05) is 37.4 Å². The minimum Gasteiger partial charge on any atom is -0.345 e. The van der Waals surface area contributed by atoms with Crippen LogP contribution in [0.1, 0.15) is 28.0 Å². The zero-order valence-corrected chi connectivity index (χ0v) is 24.8. The highest BCUT2D eigenvalue weighted by atomic mass is 32.1. The van der Waals surface area contributed by atoms with Crippen LogP contribution in [0.3, 0.4) is 0 Å². The van der Waals surface area contributed by atoms with Crippen LogP contribution in [0.2, 0.25) is 0 Å². The molecule has 4 aromatic heterocycles. The van der Waals surface area contributed by atoms with E-state index in [0.29, 0.717) is 29.3 Å². The van der Waals surface area contributed by atoms with Gasteiger partial charge in [0.25, 0.3) is 5.91 Å². The number of anilines is 3. The molecule has 2 bridgehead atoms. The number of rotatable bonds is 7. The smallest absolute Gasteiger partial charge is 0.253 e. The molecule has 0 saturated carbocycles. The second-order valence-corrected chi connectivity index (χ2v) is 12.3. The van der Waals surface area contributed by atoms with Crippen LogP contribution in [-0.4, -0.2) is 84.7 Å². The molecule has 2 saturated heterocycles. The van der Waals surface area contributed by atoms with E-state index in [0.717, 1.165) is 58.5 Å². The number of hydrogen-bond acceptors (Lipinski definition) is 10. The quantitative estimate of drug-likeness (QED) is 0.304. The number of carbonyl (C=O) groups excluding carboxylic acids is 1. The topological polar surface area (TPSA) is 108 Å². The summed E-state index contributed by atoms with van der Waals surface area (Å²) in [4.78, 5) is 38.1. The normalized spacial score (nSPS) is 18.2. The summed E-state index contributed by atoms with van der Waals surface area (Å²) < 4.78 is 2.84. The van der Waals surface area contributed by atoms with Crippen LogP contribution in [0.25, 0.3) is 20.8 Å². The first-order chi connectivity index (χ1) is 20.3. The average Bonchev–Trinajstić information content (AvgIpc) is 3.76. The molecule has 6 heterocycles.